The van der Waals surface area contributed by atoms with Crippen molar-refractivity contribution in [2.75, 3.05) is 0 Å². The largest absolute Gasteiger partial charge is 0.293 e. The van der Waals surface area contributed by atoms with Gasteiger partial charge in [-0.15, -0.1) is 0 Å². The lowest BCUT2D eigenvalue weighted by atomic mass is 10.1. The van der Waals surface area contributed by atoms with Crippen LogP contribution in [0.3, 0.4) is 0 Å². The maximum Gasteiger partial charge on any atom is 0.173 e. The smallest absolute Gasteiger partial charge is 0.173 e. The first-order valence-electron chi connectivity index (χ1n) is 4.04. The lowest BCUT2D eigenvalue weighted by Crippen LogP contribution is -2.12. The van der Waals surface area contributed by atoms with Gasteiger partial charge in [0.05, 0.1) is 11.8 Å². The summed E-state index contributed by atoms with van der Waals surface area (Å²) in [6.07, 6.45) is 2.96. The van der Waals surface area contributed by atoms with Gasteiger partial charge in [-0.1, -0.05) is 6.92 Å². The third-order valence-electron chi connectivity index (χ3n) is 1.09. The predicted octanol–water partition coefficient (Wildman–Crippen LogP) is 2.22. The molecule has 0 rings (SSSR count). The van der Waals surface area contributed by atoms with Crippen LogP contribution in [-0.2, 0) is 4.79 Å². The van der Waals surface area contributed by atoms with E-state index in [9.17, 15) is 4.79 Å². The van der Waals surface area contributed by atoms with E-state index in [1.807, 2.05) is 27.7 Å². The summed E-state index contributed by atoms with van der Waals surface area (Å²) >= 11 is 0. The predicted molar refractivity (Wildman–Crippen MR) is 48.2 cm³/mol. The van der Waals surface area contributed by atoms with Crippen LogP contribution in [0.15, 0.2) is 4.99 Å². The van der Waals surface area contributed by atoms with Crippen molar-refractivity contribution in [1.29, 1.82) is 0 Å². The van der Waals surface area contributed by atoms with Gasteiger partial charge in [0.25, 0.3) is 0 Å². The molecular formula is C9H17NO. The molecule has 64 valence electrons. The fourth-order valence-electron chi connectivity index (χ4n) is 0.577. The second kappa shape index (κ2) is 4.27. The number of rotatable bonds is 3. The summed E-state index contributed by atoms with van der Waals surface area (Å²) in [6, 6.07) is 0. The first-order chi connectivity index (χ1) is 4.95. The summed E-state index contributed by atoms with van der Waals surface area (Å²) < 4.78 is 0. The van der Waals surface area contributed by atoms with Crippen LogP contribution in [0, 0.1) is 0 Å². The number of carbonyl (C=O) groups excluding carboxylic acids is 1. The van der Waals surface area contributed by atoms with E-state index in [0.717, 1.165) is 6.42 Å². The summed E-state index contributed by atoms with van der Waals surface area (Å²) in [5.74, 6) is 0.127. The summed E-state index contributed by atoms with van der Waals surface area (Å²) in [7, 11) is 0. The Morgan fingerprint density at radius 3 is 2.36 bits per heavy atom. The molecule has 0 aromatic heterocycles. The van der Waals surface area contributed by atoms with E-state index in [0.29, 0.717) is 6.42 Å². The third kappa shape index (κ3) is 7.23. The van der Waals surface area contributed by atoms with Crippen molar-refractivity contribution in [2.24, 2.45) is 4.99 Å². The van der Waals surface area contributed by atoms with E-state index in [-0.39, 0.29) is 11.3 Å². The fraction of sp³-hybridized carbons (Fsp3) is 0.778. The number of aliphatic imine (C=N–C) groups is 1. The van der Waals surface area contributed by atoms with Crippen molar-refractivity contribution in [3.8, 4) is 0 Å². The van der Waals surface area contributed by atoms with Gasteiger partial charge in [0.1, 0.15) is 0 Å². The van der Waals surface area contributed by atoms with Crippen LogP contribution in [0.25, 0.3) is 0 Å². The molecule has 0 aliphatic rings. The quantitative estimate of drug-likeness (QED) is 0.575. The molecule has 0 saturated carbocycles. The Morgan fingerprint density at radius 2 is 2.00 bits per heavy atom. The van der Waals surface area contributed by atoms with E-state index >= 15 is 0 Å². The molecule has 0 amide bonds. The molecule has 0 unspecified atom stereocenters. The molecule has 0 aromatic rings. The first kappa shape index (κ1) is 10.3. The Hall–Kier alpha value is -0.660. The zero-order chi connectivity index (χ0) is 8.91. The van der Waals surface area contributed by atoms with E-state index in [1.165, 1.54) is 6.21 Å². The van der Waals surface area contributed by atoms with E-state index in [2.05, 4.69) is 4.99 Å². The topological polar surface area (TPSA) is 29.4 Å². The van der Waals surface area contributed by atoms with Gasteiger partial charge < -0.3 is 0 Å². The standard InChI is InChI=1S/C9H17NO/c1-5-6-8(11)7-10-9(2,3)4/h7H,5-6H2,1-4H3. The molecule has 0 spiro atoms. The average Bonchev–Trinajstić information content (AvgIpc) is 1.83. The fourth-order valence-corrected chi connectivity index (χ4v) is 0.577. The first-order valence-corrected chi connectivity index (χ1v) is 4.04. The Kier molecular flexibility index (Phi) is 4.01. The highest BCUT2D eigenvalue weighted by Gasteiger charge is 2.05. The zero-order valence-electron chi connectivity index (χ0n) is 7.85. The third-order valence-corrected chi connectivity index (χ3v) is 1.09. The minimum atomic E-state index is -0.122. The van der Waals surface area contributed by atoms with Crippen molar-refractivity contribution < 1.29 is 4.79 Å². The van der Waals surface area contributed by atoms with Gasteiger partial charge in [0, 0.05) is 6.42 Å². The van der Waals surface area contributed by atoms with Gasteiger partial charge in [-0.3, -0.25) is 9.79 Å². The Labute approximate surface area is 68.7 Å². The Balaban J connectivity index is 3.83. The zero-order valence-corrected chi connectivity index (χ0v) is 7.85. The molecule has 0 aromatic carbocycles. The summed E-state index contributed by atoms with van der Waals surface area (Å²) in [6.45, 7) is 7.91. The van der Waals surface area contributed by atoms with Crippen LogP contribution in [0.4, 0.5) is 0 Å². The van der Waals surface area contributed by atoms with Crippen LogP contribution < -0.4 is 0 Å². The molecule has 0 radical (unpaired) electrons. The lowest BCUT2D eigenvalue weighted by Gasteiger charge is -2.09. The Morgan fingerprint density at radius 1 is 1.45 bits per heavy atom. The highest BCUT2D eigenvalue weighted by atomic mass is 16.1. The van der Waals surface area contributed by atoms with E-state index in [4.69, 9.17) is 0 Å². The number of Topliss-reactive ketones (excluding diaryl/α,β-unsaturated/α-hetero) is 1. The molecular weight excluding hydrogens is 138 g/mol. The second-order valence-corrected chi connectivity index (χ2v) is 3.65. The SMILES string of the molecule is CCCC(=O)C=NC(C)(C)C. The van der Waals surface area contributed by atoms with Gasteiger partial charge in [-0.25, -0.2) is 0 Å². The average molecular weight is 155 g/mol. The molecule has 0 aliphatic carbocycles. The van der Waals surface area contributed by atoms with Crippen LogP contribution in [0.2, 0.25) is 0 Å². The number of carbonyl (C=O) groups is 1. The molecule has 0 bridgehead atoms. The van der Waals surface area contributed by atoms with Crippen molar-refractivity contribution >= 4 is 12.0 Å². The van der Waals surface area contributed by atoms with Crippen LogP contribution in [0.1, 0.15) is 40.5 Å². The maximum absolute atomic E-state index is 10.9. The number of hydrogen-bond acceptors (Lipinski definition) is 2. The van der Waals surface area contributed by atoms with E-state index < -0.39 is 0 Å². The monoisotopic (exact) mass is 155 g/mol. The summed E-state index contributed by atoms with van der Waals surface area (Å²) in [5.41, 5.74) is -0.122. The van der Waals surface area contributed by atoms with Crippen LogP contribution in [0.5, 0.6) is 0 Å². The highest BCUT2D eigenvalue weighted by Crippen LogP contribution is 2.04. The number of ketones is 1. The Bertz CT molecular complexity index is 153. The van der Waals surface area contributed by atoms with Gasteiger partial charge >= 0.3 is 0 Å². The summed E-state index contributed by atoms with van der Waals surface area (Å²) in [4.78, 5) is 15.0. The molecule has 0 N–H and O–H groups in total. The van der Waals surface area contributed by atoms with Crippen LogP contribution >= 0.6 is 0 Å². The molecule has 2 heteroatoms. The number of nitrogens with zero attached hydrogens (tertiary/aromatic N) is 1. The maximum atomic E-state index is 10.9. The highest BCUT2D eigenvalue weighted by molar-refractivity contribution is 6.27. The van der Waals surface area contributed by atoms with Crippen molar-refractivity contribution in [3.05, 3.63) is 0 Å². The van der Waals surface area contributed by atoms with Gasteiger partial charge in [-0.05, 0) is 27.2 Å². The van der Waals surface area contributed by atoms with Gasteiger partial charge in [0.2, 0.25) is 0 Å². The molecule has 0 aliphatic heterocycles. The number of hydrogen-bond donors (Lipinski definition) is 0. The van der Waals surface area contributed by atoms with Crippen molar-refractivity contribution in [2.45, 2.75) is 46.1 Å². The molecule has 0 fully saturated rings. The molecule has 0 atom stereocenters. The normalized spacial score (nSPS) is 12.4. The molecule has 0 saturated heterocycles. The van der Waals surface area contributed by atoms with E-state index in [1.54, 1.807) is 0 Å². The lowest BCUT2D eigenvalue weighted by molar-refractivity contribution is -0.112. The molecule has 11 heavy (non-hydrogen) atoms. The van der Waals surface area contributed by atoms with Gasteiger partial charge in [0.15, 0.2) is 5.78 Å². The van der Waals surface area contributed by atoms with Crippen LogP contribution in [-0.4, -0.2) is 17.5 Å². The minimum absolute atomic E-state index is 0.122. The van der Waals surface area contributed by atoms with Crippen molar-refractivity contribution in [3.63, 3.8) is 0 Å². The molecule has 0 heterocycles. The molecule has 2 nitrogen and oxygen atoms in total. The second-order valence-electron chi connectivity index (χ2n) is 3.65. The van der Waals surface area contributed by atoms with Gasteiger partial charge in [-0.2, -0.15) is 0 Å². The minimum Gasteiger partial charge on any atom is -0.293 e. The summed E-state index contributed by atoms with van der Waals surface area (Å²) in [5, 5.41) is 0. The van der Waals surface area contributed by atoms with Crippen molar-refractivity contribution in [1.82, 2.24) is 0 Å².